The average Bonchev–Trinajstić information content (AvgIpc) is 3.28. The van der Waals surface area contributed by atoms with Crippen LogP contribution in [0.4, 0.5) is 10.1 Å². The molecular weight excluding hydrogens is 303 g/mol. The van der Waals surface area contributed by atoms with Gasteiger partial charge in [-0.25, -0.2) is 4.39 Å². The Hall–Kier alpha value is -2.62. The first kappa shape index (κ1) is 14.9. The molecule has 1 saturated carbocycles. The number of carbonyl (C=O) groups excluding carboxylic acids is 1. The smallest absolute Gasteiger partial charge is 0.228 e. The minimum atomic E-state index is -0.222. The van der Waals surface area contributed by atoms with Gasteiger partial charge in [0.15, 0.2) is 0 Å². The monoisotopic (exact) mass is 322 g/mol. The quantitative estimate of drug-likeness (QED) is 0.751. The predicted octanol–water partition coefficient (Wildman–Crippen LogP) is 4.54. The number of nitrogens with one attached hydrogen (secondary N) is 1. The van der Waals surface area contributed by atoms with Crippen molar-refractivity contribution in [1.29, 1.82) is 0 Å². The molecule has 3 nitrogen and oxygen atoms in total. The highest BCUT2D eigenvalue weighted by molar-refractivity contribution is 5.97. The van der Waals surface area contributed by atoms with Crippen molar-refractivity contribution in [2.24, 2.45) is 5.92 Å². The number of nitrogens with zero attached hydrogens (tertiary/aromatic N) is 1. The van der Waals surface area contributed by atoms with Gasteiger partial charge in [0.2, 0.25) is 5.91 Å². The van der Waals surface area contributed by atoms with E-state index < -0.39 is 0 Å². The molecule has 1 heterocycles. The molecule has 2 aromatic carbocycles. The number of amides is 1. The second-order valence-corrected chi connectivity index (χ2v) is 6.33. The fourth-order valence-electron chi connectivity index (χ4n) is 3.39. The van der Waals surface area contributed by atoms with Crippen LogP contribution in [0.5, 0.6) is 0 Å². The van der Waals surface area contributed by atoms with Crippen LogP contribution in [0.25, 0.3) is 10.9 Å². The maximum atomic E-state index is 13.8. The summed E-state index contributed by atoms with van der Waals surface area (Å²) in [5.41, 5.74) is 2.60. The summed E-state index contributed by atoms with van der Waals surface area (Å²) in [7, 11) is 0. The summed E-state index contributed by atoms with van der Waals surface area (Å²) in [5, 5.41) is 4.08. The molecule has 4 heteroatoms. The van der Waals surface area contributed by atoms with Crippen LogP contribution in [-0.4, -0.2) is 10.5 Å². The maximum Gasteiger partial charge on any atom is 0.228 e. The lowest BCUT2D eigenvalue weighted by atomic mass is 10.1. The molecule has 2 atom stereocenters. The number of hydrogen-bond acceptors (Lipinski definition) is 1. The van der Waals surface area contributed by atoms with Gasteiger partial charge in [-0.2, -0.15) is 0 Å². The molecule has 1 amide bonds. The molecule has 122 valence electrons. The summed E-state index contributed by atoms with van der Waals surface area (Å²) >= 11 is 0. The first-order valence-corrected chi connectivity index (χ1v) is 8.31. The van der Waals surface area contributed by atoms with Crippen LogP contribution in [0.1, 0.15) is 24.8 Å². The van der Waals surface area contributed by atoms with E-state index in [0.717, 1.165) is 23.1 Å². The van der Waals surface area contributed by atoms with Gasteiger partial charge >= 0.3 is 0 Å². The third-order valence-electron chi connectivity index (χ3n) is 4.81. The third-order valence-corrected chi connectivity index (χ3v) is 4.81. The van der Waals surface area contributed by atoms with Crippen molar-refractivity contribution in [3.05, 3.63) is 66.1 Å². The second kappa shape index (κ2) is 5.78. The molecule has 1 fully saturated rings. The molecule has 0 spiro atoms. The molecule has 2 unspecified atom stereocenters. The number of hydrogen-bond donors (Lipinski definition) is 1. The molecule has 3 aromatic rings. The van der Waals surface area contributed by atoms with Crippen LogP contribution in [0.3, 0.4) is 0 Å². The number of carbonyl (C=O) groups is 1. The standard InChI is InChI=1S/C20H19FN2O/c1-2-23-10-9-13-11-14(7-8-19(13)23)22-20(24)17-12-16(17)15-5-3-4-6-18(15)21/h3-11,16-17H,2,12H2,1H3,(H,22,24). The lowest BCUT2D eigenvalue weighted by Crippen LogP contribution is -2.14. The Bertz CT molecular complexity index is 915. The van der Waals surface area contributed by atoms with Crippen LogP contribution in [0.15, 0.2) is 54.7 Å². The number of anilines is 1. The van der Waals surface area contributed by atoms with Crippen LogP contribution >= 0.6 is 0 Å². The van der Waals surface area contributed by atoms with Gasteiger partial charge in [-0.05, 0) is 55.2 Å². The van der Waals surface area contributed by atoms with Gasteiger partial charge in [0.25, 0.3) is 0 Å². The minimum absolute atomic E-state index is 0.00361. The highest BCUT2D eigenvalue weighted by atomic mass is 19.1. The summed E-state index contributed by atoms with van der Waals surface area (Å²) in [6.45, 7) is 3.02. The number of fused-ring (bicyclic) bond motifs is 1. The molecule has 0 radical (unpaired) electrons. The Morgan fingerprint density at radius 3 is 2.88 bits per heavy atom. The Balaban J connectivity index is 1.48. The molecular formula is C20H19FN2O. The van der Waals surface area contributed by atoms with Crippen molar-refractivity contribution < 1.29 is 9.18 Å². The first-order chi connectivity index (χ1) is 11.7. The molecule has 0 bridgehead atoms. The molecule has 1 aromatic heterocycles. The SMILES string of the molecule is CCn1ccc2cc(NC(=O)C3CC3c3ccccc3F)ccc21. The molecule has 1 aliphatic carbocycles. The van der Waals surface area contributed by atoms with Crippen LogP contribution in [0, 0.1) is 11.7 Å². The fourth-order valence-corrected chi connectivity index (χ4v) is 3.39. The Labute approximate surface area is 140 Å². The Kier molecular flexibility index (Phi) is 3.60. The Morgan fingerprint density at radius 2 is 2.08 bits per heavy atom. The van der Waals surface area contributed by atoms with Gasteiger partial charge in [-0.3, -0.25) is 4.79 Å². The van der Waals surface area contributed by atoms with Crippen molar-refractivity contribution in [2.45, 2.75) is 25.8 Å². The van der Waals surface area contributed by atoms with Gasteiger partial charge in [0, 0.05) is 35.2 Å². The van der Waals surface area contributed by atoms with E-state index in [1.807, 2.05) is 36.5 Å². The summed E-state index contributed by atoms with van der Waals surface area (Å²) in [4.78, 5) is 12.4. The van der Waals surface area contributed by atoms with Gasteiger partial charge in [-0.1, -0.05) is 18.2 Å². The van der Waals surface area contributed by atoms with E-state index in [9.17, 15) is 9.18 Å². The average molecular weight is 322 g/mol. The maximum absolute atomic E-state index is 13.8. The van der Waals surface area contributed by atoms with E-state index in [4.69, 9.17) is 0 Å². The van der Waals surface area contributed by atoms with Gasteiger partial charge in [0.05, 0.1) is 0 Å². The Morgan fingerprint density at radius 1 is 1.25 bits per heavy atom. The normalized spacial score (nSPS) is 19.4. The van der Waals surface area contributed by atoms with E-state index in [-0.39, 0.29) is 23.6 Å². The fraction of sp³-hybridized carbons (Fsp3) is 0.250. The van der Waals surface area contributed by atoms with E-state index in [2.05, 4.69) is 16.8 Å². The summed E-state index contributed by atoms with van der Waals surface area (Å²) in [5.74, 6) is -0.397. The zero-order chi connectivity index (χ0) is 16.7. The number of aromatic nitrogens is 1. The molecule has 0 aliphatic heterocycles. The number of aryl methyl sites for hydroxylation is 1. The van der Waals surface area contributed by atoms with E-state index in [1.165, 1.54) is 6.07 Å². The lowest BCUT2D eigenvalue weighted by molar-refractivity contribution is -0.117. The third kappa shape index (κ3) is 2.58. The summed E-state index contributed by atoms with van der Waals surface area (Å²) in [6.07, 6.45) is 2.76. The largest absolute Gasteiger partial charge is 0.348 e. The number of rotatable bonds is 4. The number of halogens is 1. The van der Waals surface area contributed by atoms with Gasteiger partial charge in [-0.15, -0.1) is 0 Å². The molecule has 4 rings (SSSR count). The number of benzene rings is 2. The van der Waals surface area contributed by atoms with Crippen molar-refractivity contribution in [2.75, 3.05) is 5.32 Å². The predicted molar refractivity (Wildman–Crippen MR) is 93.5 cm³/mol. The highest BCUT2D eigenvalue weighted by Gasteiger charge is 2.45. The van der Waals surface area contributed by atoms with Crippen molar-refractivity contribution in [1.82, 2.24) is 4.57 Å². The van der Waals surface area contributed by atoms with E-state index in [1.54, 1.807) is 12.1 Å². The highest BCUT2D eigenvalue weighted by Crippen LogP contribution is 2.48. The zero-order valence-corrected chi connectivity index (χ0v) is 13.5. The van der Waals surface area contributed by atoms with Crippen LogP contribution in [0.2, 0.25) is 0 Å². The molecule has 24 heavy (non-hydrogen) atoms. The van der Waals surface area contributed by atoms with Gasteiger partial charge in [0.1, 0.15) is 5.82 Å². The van der Waals surface area contributed by atoms with Crippen molar-refractivity contribution in [3.8, 4) is 0 Å². The molecule has 0 saturated heterocycles. The zero-order valence-electron chi connectivity index (χ0n) is 13.5. The van der Waals surface area contributed by atoms with Gasteiger partial charge < -0.3 is 9.88 Å². The molecule has 1 N–H and O–H groups in total. The molecule has 1 aliphatic rings. The minimum Gasteiger partial charge on any atom is -0.348 e. The lowest BCUT2D eigenvalue weighted by Gasteiger charge is -2.07. The topological polar surface area (TPSA) is 34.0 Å². The van der Waals surface area contributed by atoms with E-state index in [0.29, 0.717) is 12.0 Å². The van der Waals surface area contributed by atoms with E-state index >= 15 is 0 Å². The van der Waals surface area contributed by atoms with Crippen molar-refractivity contribution in [3.63, 3.8) is 0 Å². The first-order valence-electron chi connectivity index (χ1n) is 8.31. The van der Waals surface area contributed by atoms with Crippen LogP contribution in [-0.2, 0) is 11.3 Å². The van der Waals surface area contributed by atoms with Crippen LogP contribution < -0.4 is 5.32 Å². The van der Waals surface area contributed by atoms with Crippen molar-refractivity contribution >= 4 is 22.5 Å². The summed E-state index contributed by atoms with van der Waals surface area (Å²) in [6, 6.07) is 14.7. The summed E-state index contributed by atoms with van der Waals surface area (Å²) < 4.78 is 16.0. The second-order valence-electron chi connectivity index (χ2n) is 6.33.